The standard InChI is InChI=1S/C10H18O/c1-3-4-5-9-6-7-10(11)8(9)2/h8-9H,3-7H2,1-2H3. The monoisotopic (exact) mass is 154 g/mol. The summed E-state index contributed by atoms with van der Waals surface area (Å²) >= 11 is 0. The summed E-state index contributed by atoms with van der Waals surface area (Å²) in [5, 5.41) is 0. The molecule has 0 spiro atoms. The highest BCUT2D eigenvalue weighted by Gasteiger charge is 2.29. The number of carbonyl (C=O) groups is 1. The lowest BCUT2D eigenvalue weighted by Gasteiger charge is -2.12. The SMILES string of the molecule is CCCCC1CCC(=O)C1C. The molecular weight excluding hydrogens is 136 g/mol. The van der Waals surface area contributed by atoms with E-state index >= 15 is 0 Å². The van der Waals surface area contributed by atoms with Crippen LogP contribution in [0.4, 0.5) is 0 Å². The second-order valence-corrected chi connectivity index (χ2v) is 3.70. The van der Waals surface area contributed by atoms with E-state index in [1.165, 1.54) is 19.3 Å². The van der Waals surface area contributed by atoms with E-state index in [1.54, 1.807) is 0 Å². The zero-order valence-electron chi connectivity index (χ0n) is 7.60. The number of rotatable bonds is 3. The molecule has 0 saturated heterocycles. The fraction of sp³-hybridized carbons (Fsp3) is 0.900. The number of Topliss-reactive ketones (excluding diaryl/α,β-unsaturated/α-hetero) is 1. The molecule has 0 aliphatic heterocycles. The molecule has 1 rings (SSSR count). The molecule has 1 aliphatic rings. The molecule has 2 atom stereocenters. The summed E-state index contributed by atoms with van der Waals surface area (Å²) in [4.78, 5) is 11.1. The number of hydrogen-bond donors (Lipinski definition) is 0. The molecule has 0 N–H and O–H groups in total. The molecule has 1 fully saturated rings. The van der Waals surface area contributed by atoms with Gasteiger partial charge in [-0.1, -0.05) is 26.7 Å². The Morgan fingerprint density at radius 3 is 2.73 bits per heavy atom. The molecule has 1 nitrogen and oxygen atoms in total. The lowest BCUT2D eigenvalue weighted by molar-refractivity contribution is -0.120. The fourth-order valence-electron chi connectivity index (χ4n) is 1.93. The van der Waals surface area contributed by atoms with Crippen LogP contribution in [-0.4, -0.2) is 5.78 Å². The maximum Gasteiger partial charge on any atom is 0.135 e. The third-order valence-corrected chi connectivity index (χ3v) is 2.90. The number of unbranched alkanes of at least 4 members (excludes halogenated alkanes) is 1. The molecule has 0 radical (unpaired) electrons. The van der Waals surface area contributed by atoms with Gasteiger partial charge in [0.1, 0.15) is 5.78 Å². The number of hydrogen-bond acceptors (Lipinski definition) is 1. The van der Waals surface area contributed by atoms with Gasteiger partial charge in [0.2, 0.25) is 0 Å². The Hall–Kier alpha value is -0.330. The quantitative estimate of drug-likeness (QED) is 0.611. The third-order valence-electron chi connectivity index (χ3n) is 2.90. The molecule has 11 heavy (non-hydrogen) atoms. The van der Waals surface area contributed by atoms with Crippen molar-refractivity contribution in [3.8, 4) is 0 Å². The molecule has 1 heteroatoms. The number of ketones is 1. The molecule has 0 aromatic carbocycles. The molecule has 1 saturated carbocycles. The molecule has 0 aromatic rings. The van der Waals surface area contributed by atoms with Crippen LogP contribution in [0.15, 0.2) is 0 Å². The molecule has 0 amide bonds. The lowest BCUT2D eigenvalue weighted by Crippen LogP contribution is -2.09. The lowest BCUT2D eigenvalue weighted by atomic mass is 9.92. The topological polar surface area (TPSA) is 17.1 Å². The van der Waals surface area contributed by atoms with Crippen molar-refractivity contribution in [2.45, 2.75) is 46.0 Å². The molecular formula is C10H18O. The Labute approximate surface area is 69.2 Å². The van der Waals surface area contributed by atoms with E-state index in [1.807, 2.05) is 0 Å². The first-order valence-corrected chi connectivity index (χ1v) is 4.78. The maximum absolute atomic E-state index is 11.1. The van der Waals surface area contributed by atoms with Crippen LogP contribution in [0, 0.1) is 11.8 Å². The van der Waals surface area contributed by atoms with E-state index in [0.29, 0.717) is 17.6 Å². The van der Waals surface area contributed by atoms with E-state index in [4.69, 9.17) is 0 Å². The maximum atomic E-state index is 11.1. The molecule has 64 valence electrons. The first-order valence-electron chi connectivity index (χ1n) is 4.78. The minimum Gasteiger partial charge on any atom is -0.299 e. The summed E-state index contributed by atoms with van der Waals surface area (Å²) in [5.74, 6) is 1.56. The highest BCUT2D eigenvalue weighted by Crippen LogP contribution is 2.31. The van der Waals surface area contributed by atoms with Crippen LogP contribution in [0.25, 0.3) is 0 Å². The van der Waals surface area contributed by atoms with Gasteiger partial charge < -0.3 is 0 Å². The zero-order chi connectivity index (χ0) is 8.27. The Morgan fingerprint density at radius 1 is 1.55 bits per heavy atom. The highest BCUT2D eigenvalue weighted by atomic mass is 16.1. The van der Waals surface area contributed by atoms with Crippen LogP contribution in [-0.2, 0) is 4.79 Å². The Bertz CT molecular complexity index is 140. The van der Waals surface area contributed by atoms with Crippen molar-refractivity contribution in [3.63, 3.8) is 0 Å². The summed E-state index contributed by atoms with van der Waals surface area (Å²) in [6.07, 6.45) is 5.82. The van der Waals surface area contributed by atoms with Crippen LogP contribution in [0.1, 0.15) is 46.0 Å². The predicted octanol–water partition coefficient (Wildman–Crippen LogP) is 2.79. The fourth-order valence-corrected chi connectivity index (χ4v) is 1.93. The van der Waals surface area contributed by atoms with Crippen molar-refractivity contribution < 1.29 is 4.79 Å². The minimum absolute atomic E-state index is 0.363. The second kappa shape index (κ2) is 3.89. The van der Waals surface area contributed by atoms with Gasteiger partial charge in [-0.2, -0.15) is 0 Å². The first kappa shape index (κ1) is 8.76. The van der Waals surface area contributed by atoms with E-state index in [2.05, 4.69) is 13.8 Å². The van der Waals surface area contributed by atoms with E-state index in [-0.39, 0.29) is 0 Å². The van der Waals surface area contributed by atoms with E-state index in [9.17, 15) is 4.79 Å². The minimum atomic E-state index is 0.363. The van der Waals surface area contributed by atoms with Gasteiger partial charge in [0, 0.05) is 12.3 Å². The third kappa shape index (κ3) is 2.05. The second-order valence-electron chi connectivity index (χ2n) is 3.70. The van der Waals surface area contributed by atoms with Crippen LogP contribution < -0.4 is 0 Å². The summed E-state index contributed by atoms with van der Waals surface area (Å²) in [5.41, 5.74) is 0. The van der Waals surface area contributed by atoms with Crippen molar-refractivity contribution in [3.05, 3.63) is 0 Å². The van der Waals surface area contributed by atoms with Gasteiger partial charge >= 0.3 is 0 Å². The van der Waals surface area contributed by atoms with Crippen molar-refractivity contribution in [1.29, 1.82) is 0 Å². The Balaban J connectivity index is 2.30. The average Bonchev–Trinajstić information content (AvgIpc) is 2.31. The summed E-state index contributed by atoms with van der Waals surface area (Å²) in [7, 11) is 0. The zero-order valence-corrected chi connectivity index (χ0v) is 7.60. The van der Waals surface area contributed by atoms with Gasteiger partial charge in [0.15, 0.2) is 0 Å². The molecule has 0 bridgehead atoms. The van der Waals surface area contributed by atoms with Gasteiger partial charge in [0.05, 0.1) is 0 Å². The molecule has 0 aromatic heterocycles. The van der Waals surface area contributed by atoms with Gasteiger partial charge in [-0.15, -0.1) is 0 Å². The van der Waals surface area contributed by atoms with Gasteiger partial charge in [0.25, 0.3) is 0 Å². The smallest absolute Gasteiger partial charge is 0.135 e. The summed E-state index contributed by atoms with van der Waals surface area (Å²) < 4.78 is 0. The van der Waals surface area contributed by atoms with E-state index < -0.39 is 0 Å². The predicted molar refractivity (Wildman–Crippen MR) is 46.4 cm³/mol. The van der Waals surface area contributed by atoms with Crippen molar-refractivity contribution in [1.82, 2.24) is 0 Å². The van der Waals surface area contributed by atoms with Crippen LogP contribution >= 0.6 is 0 Å². The largest absolute Gasteiger partial charge is 0.299 e. The molecule has 1 aliphatic carbocycles. The van der Waals surface area contributed by atoms with Crippen LogP contribution in [0.5, 0.6) is 0 Å². The summed E-state index contributed by atoms with van der Waals surface area (Å²) in [6, 6.07) is 0. The normalized spacial score (nSPS) is 31.3. The van der Waals surface area contributed by atoms with Crippen molar-refractivity contribution >= 4 is 5.78 Å². The van der Waals surface area contributed by atoms with Crippen molar-refractivity contribution in [2.24, 2.45) is 11.8 Å². The molecule has 0 heterocycles. The Kier molecular flexibility index (Phi) is 3.10. The van der Waals surface area contributed by atoms with Gasteiger partial charge in [-0.25, -0.2) is 0 Å². The van der Waals surface area contributed by atoms with Gasteiger partial charge in [-0.05, 0) is 18.8 Å². The van der Waals surface area contributed by atoms with Crippen molar-refractivity contribution in [2.75, 3.05) is 0 Å². The van der Waals surface area contributed by atoms with Crippen LogP contribution in [0.2, 0.25) is 0 Å². The van der Waals surface area contributed by atoms with E-state index in [0.717, 1.165) is 12.8 Å². The van der Waals surface area contributed by atoms with Crippen LogP contribution in [0.3, 0.4) is 0 Å². The molecule has 2 unspecified atom stereocenters. The Morgan fingerprint density at radius 2 is 2.27 bits per heavy atom. The average molecular weight is 154 g/mol. The highest BCUT2D eigenvalue weighted by molar-refractivity contribution is 5.82. The van der Waals surface area contributed by atoms with Gasteiger partial charge in [-0.3, -0.25) is 4.79 Å². The first-order chi connectivity index (χ1) is 5.25. The number of carbonyl (C=O) groups excluding carboxylic acids is 1. The summed E-state index contributed by atoms with van der Waals surface area (Å²) in [6.45, 7) is 4.30.